The normalized spacial score (nSPS) is 12.5. The minimum absolute atomic E-state index is 0.0399. The first kappa shape index (κ1) is 39.7. The quantitative estimate of drug-likeness (QED) is 0.100. The zero-order valence-electron chi connectivity index (χ0n) is 28.0. The van der Waals surface area contributed by atoms with Crippen molar-refractivity contribution in [3.63, 3.8) is 0 Å². The number of nitrogens with one attached hydrogen (secondary N) is 2. The largest absolute Gasteiger partial charge is 0.505 e. The molecule has 1 amide bonds. The second-order valence-corrected chi connectivity index (χ2v) is 13.6. The minimum atomic E-state index is -3.91. The van der Waals surface area contributed by atoms with Crippen LogP contribution in [0.15, 0.2) is 120 Å². The number of carbonyl (C=O) groups excluding carboxylic acids is 2. The lowest BCUT2D eigenvalue weighted by atomic mass is 10.1. The summed E-state index contributed by atoms with van der Waals surface area (Å²) in [6.45, 7) is 0. The fourth-order valence-corrected chi connectivity index (χ4v) is 6.66. The van der Waals surface area contributed by atoms with Crippen molar-refractivity contribution >= 4 is 74.3 Å². The summed E-state index contributed by atoms with van der Waals surface area (Å²) < 4.78 is 30.5. The van der Waals surface area contributed by atoms with Crippen molar-refractivity contribution in [3.8, 4) is 11.5 Å². The molecule has 0 bridgehead atoms. The summed E-state index contributed by atoms with van der Waals surface area (Å²) in [5, 5.41) is 34.9. The Kier molecular flexibility index (Phi) is 13.4. The number of nitrogens with zero attached hydrogens (tertiary/aromatic N) is 2. The number of aromatic nitrogens is 1. The molecule has 0 radical (unpaired) electrons. The maximum Gasteiger partial charge on any atom is 0.307 e. The summed E-state index contributed by atoms with van der Waals surface area (Å²) in [6.07, 6.45) is 2.12. The molecule has 53 heavy (non-hydrogen) atoms. The van der Waals surface area contributed by atoms with Crippen molar-refractivity contribution in [2.75, 3.05) is 24.8 Å². The molecular weight excluding hydrogens is 747 g/mol. The lowest BCUT2D eigenvalue weighted by molar-refractivity contribution is -0.136. The van der Waals surface area contributed by atoms with E-state index in [-0.39, 0.29) is 34.1 Å². The molecule has 4 aromatic carbocycles. The van der Waals surface area contributed by atoms with Gasteiger partial charge in [0.2, 0.25) is 0 Å². The van der Waals surface area contributed by atoms with E-state index < -0.39 is 27.7 Å². The average molecular weight is 780 g/mol. The number of aliphatic carboxylic acids is 1. The molecule has 1 aromatic heterocycles. The lowest BCUT2D eigenvalue weighted by Crippen LogP contribution is -2.37. The van der Waals surface area contributed by atoms with E-state index in [1.54, 1.807) is 66.7 Å². The van der Waals surface area contributed by atoms with Gasteiger partial charge < -0.3 is 30.7 Å². The van der Waals surface area contributed by atoms with E-state index in [2.05, 4.69) is 15.6 Å². The fourth-order valence-electron chi connectivity index (χ4n) is 4.77. The third-order valence-corrected chi connectivity index (χ3v) is 9.81. The topological polar surface area (TPSA) is 195 Å². The smallest absolute Gasteiger partial charge is 0.307 e. The van der Waals surface area contributed by atoms with E-state index in [9.17, 15) is 27.9 Å². The number of aromatic hydroxyl groups is 1. The number of aliphatic hydroxyl groups is 1. The monoisotopic (exact) mass is 778 g/mol. The van der Waals surface area contributed by atoms with Crippen molar-refractivity contribution in [3.05, 3.63) is 142 Å². The van der Waals surface area contributed by atoms with Crippen molar-refractivity contribution < 1.29 is 42.9 Å². The van der Waals surface area contributed by atoms with Crippen molar-refractivity contribution in [2.24, 2.45) is 0 Å². The van der Waals surface area contributed by atoms with Crippen LogP contribution in [0.4, 0.5) is 17.2 Å². The molecule has 0 spiro atoms. The number of carboxylic acids is 1. The zero-order valence-corrected chi connectivity index (χ0v) is 30.4. The number of carboxylic acid groups (broad SMARTS) is 1. The van der Waals surface area contributed by atoms with Crippen LogP contribution in [0.2, 0.25) is 10.0 Å². The molecule has 0 fully saturated rings. The number of carbonyl (C=O) groups is 3. The summed E-state index contributed by atoms with van der Waals surface area (Å²) >= 11 is 12.1. The molecular formula is C37H32Cl2N4O9S. The summed E-state index contributed by atoms with van der Waals surface area (Å²) in [5.41, 5.74) is 2.15. The minimum Gasteiger partial charge on any atom is -0.505 e. The molecule has 5 aromatic rings. The van der Waals surface area contributed by atoms with Crippen molar-refractivity contribution in [1.29, 1.82) is 0 Å². The SMILES string of the molecule is CN1C(C(=O)Nc2ccccn2)=C(O)c2ccccc2S1(=O)=O.COc1cc(C=O)ccc1O.O=C(O)Cc1ccccc1Nc1c(Cl)cccc1Cl. The van der Waals surface area contributed by atoms with Gasteiger partial charge in [0, 0.05) is 30.1 Å². The van der Waals surface area contributed by atoms with Crippen LogP contribution in [0, 0.1) is 0 Å². The number of anilines is 3. The lowest BCUT2D eigenvalue weighted by Gasteiger charge is -2.28. The van der Waals surface area contributed by atoms with Crippen LogP contribution in [0.1, 0.15) is 21.5 Å². The number of rotatable bonds is 8. The maximum atomic E-state index is 12.5. The second-order valence-electron chi connectivity index (χ2n) is 10.8. The second kappa shape index (κ2) is 17.9. The highest BCUT2D eigenvalue weighted by Gasteiger charge is 2.37. The van der Waals surface area contributed by atoms with E-state index in [4.69, 9.17) is 38.2 Å². The predicted octanol–water partition coefficient (Wildman–Crippen LogP) is 7.16. The number of benzene rings is 4. The van der Waals surface area contributed by atoms with E-state index in [0.717, 1.165) is 4.31 Å². The highest BCUT2D eigenvalue weighted by Crippen LogP contribution is 2.35. The number of methoxy groups -OCH3 is 1. The molecule has 1 aliphatic rings. The number of ether oxygens (including phenoxy) is 1. The van der Waals surface area contributed by atoms with Crippen LogP contribution in [-0.4, -0.2) is 65.3 Å². The van der Waals surface area contributed by atoms with Gasteiger partial charge in [0.05, 0.1) is 34.2 Å². The summed E-state index contributed by atoms with van der Waals surface area (Å²) in [5.74, 6) is -1.44. The Morgan fingerprint density at radius 2 is 1.57 bits per heavy atom. The van der Waals surface area contributed by atoms with Crippen molar-refractivity contribution in [1.82, 2.24) is 9.29 Å². The number of likely N-dealkylation sites (N-methyl/N-ethyl adjacent to an activating group) is 1. The number of amides is 1. The van der Waals surface area contributed by atoms with Crippen LogP contribution >= 0.6 is 23.2 Å². The van der Waals surface area contributed by atoms with E-state index in [0.29, 0.717) is 44.6 Å². The van der Waals surface area contributed by atoms with Gasteiger partial charge in [-0.25, -0.2) is 13.4 Å². The molecule has 16 heteroatoms. The Balaban J connectivity index is 0.000000189. The summed E-state index contributed by atoms with van der Waals surface area (Å²) in [7, 11) is -1.25. The van der Waals surface area contributed by atoms with Crippen molar-refractivity contribution in [2.45, 2.75) is 11.3 Å². The molecule has 0 unspecified atom stereocenters. The summed E-state index contributed by atoms with van der Waals surface area (Å²) in [6, 6.07) is 27.6. The average Bonchev–Trinajstić information content (AvgIpc) is 3.14. The van der Waals surface area contributed by atoms with Gasteiger partial charge in [-0.05, 0) is 66.2 Å². The molecule has 0 atom stereocenters. The zero-order chi connectivity index (χ0) is 38.7. The first-order valence-electron chi connectivity index (χ1n) is 15.3. The Morgan fingerprint density at radius 1 is 0.906 bits per heavy atom. The van der Waals surface area contributed by atoms with Gasteiger partial charge >= 0.3 is 5.97 Å². The van der Waals surface area contributed by atoms with E-state index >= 15 is 0 Å². The number of para-hydroxylation sites is 2. The number of hydrogen-bond donors (Lipinski definition) is 5. The predicted molar refractivity (Wildman–Crippen MR) is 201 cm³/mol. The van der Waals surface area contributed by atoms with Gasteiger partial charge in [-0.15, -0.1) is 0 Å². The van der Waals surface area contributed by atoms with Crippen LogP contribution in [0.25, 0.3) is 5.76 Å². The number of phenolic OH excluding ortho intramolecular Hbond substituents is 1. The Labute approximate surface area is 314 Å². The van der Waals surface area contributed by atoms with Crippen LogP contribution in [0.5, 0.6) is 11.5 Å². The number of phenols is 1. The van der Waals surface area contributed by atoms with Gasteiger partial charge in [-0.3, -0.25) is 18.7 Å². The Bertz CT molecular complexity index is 2250. The van der Waals surface area contributed by atoms with Gasteiger partial charge in [0.25, 0.3) is 15.9 Å². The molecule has 274 valence electrons. The third-order valence-electron chi connectivity index (χ3n) is 7.36. The van der Waals surface area contributed by atoms with E-state index in [1.807, 2.05) is 6.07 Å². The molecule has 1 aliphatic heterocycles. The molecule has 5 N–H and O–H groups in total. The first-order valence-corrected chi connectivity index (χ1v) is 17.5. The first-order chi connectivity index (χ1) is 25.3. The van der Waals surface area contributed by atoms with Crippen LogP contribution in [0.3, 0.4) is 0 Å². The van der Waals surface area contributed by atoms with Crippen LogP contribution < -0.4 is 15.4 Å². The van der Waals surface area contributed by atoms with Gasteiger partial charge in [0.1, 0.15) is 12.1 Å². The van der Waals surface area contributed by atoms with Crippen LogP contribution in [-0.2, 0) is 26.0 Å². The highest BCUT2D eigenvalue weighted by molar-refractivity contribution is 7.89. The van der Waals surface area contributed by atoms with Gasteiger partial charge in [-0.2, -0.15) is 0 Å². The molecule has 0 saturated heterocycles. The van der Waals surface area contributed by atoms with Gasteiger partial charge in [-0.1, -0.05) is 65.7 Å². The number of fused-ring (bicyclic) bond motifs is 1. The number of pyridine rings is 1. The Hall–Kier alpha value is -6.09. The molecule has 6 rings (SSSR count). The number of halogens is 2. The van der Waals surface area contributed by atoms with Gasteiger partial charge in [0.15, 0.2) is 23.0 Å². The summed E-state index contributed by atoms with van der Waals surface area (Å²) in [4.78, 5) is 37.4. The highest BCUT2D eigenvalue weighted by atomic mass is 35.5. The van der Waals surface area contributed by atoms with E-state index in [1.165, 1.54) is 50.7 Å². The third kappa shape index (κ3) is 9.83. The number of aldehydes is 1. The molecule has 2 heterocycles. The molecule has 13 nitrogen and oxygen atoms in total. The number of hydrogen-bond acceptors (Lipinski definition) is 10. The number of aliphatic hydroxyl groups excluding tert-OH is 1. The Morgan fingerprint density at radius 3 is 2.21 bits per heavy atom. The molecule has 0 aliphatic carbocycles. The standard InChI is InChI=1S/C15H13N3O4S.C14H11Cl2NO2.C8H8O3/c1-18-13(15(20)17-12-8-4-5-9-16-12)14(19)10-6-2-3-7-11(10)23(18,21)22;15-10-5-3-6-11(16)14(10)17-12-7-2-1-4-9(12)8-13(18)19;1-11-8-4-6(5-9)2-3-7(8)10/h2-9,19H,1H3,(H,16,17,20);1-7,17H,8H2,(H,18,19);2-5,10H,1H3. The number of sulfonamides is 1. The maximum absolute atomic E-state index is 12.5. The molecule has 0 saturated carbocycles. The fraction of sp³-hybridized carbons (Fsp3) is 0.0811.